The Bertz CT molecular complexity index is 3150. The zero-order valence-electron chi connectivity index (χ0n) is 45.2. The van der Waals surface area contributed by atoms with Gasteiger partial charge in [-0.25, -0.2) is 14.4 Å². The van der Waals surface area contributed by atoms with Gasteiger partial charge in [0.2, 0.25) is 11.8 Å². The van der Waals surface area contributed by atoms with Gasteiger partial charge in [-0.05, 0) is 90.6 Å². The van der Waals surface area contributed by atoms with Gasteiger partial charge in [-0.3, -0.25) is 38.3 Å². The lowest BCUT2D eigenvalue weighted by Gasteiger charge is -2.25. The van der Waals surface area contributed by atoms with Gasteiger partial charge in [0.15, 0.2) is 24.0 Å². The van der Waals surface area contributed by atoms with Crippen molar-refractivity contribution in [3.05, 3.63) is 95.0 Å². The lowest BCUT2D eigenvalue weighted by atomic mass is 10.1. The summed E-state index contributed by atoms with van der Waals surface area (Å²) in [7, 11) is 2.76. The summed E-state index contributed by atoms with van der Waals surface area (Å²) in [5.74, 6) is 8.86. The number of aliphatic hydroxyl groups is 1. The van der Waals surface area contributed by atoms with Crippen LogP contribution in [0.5, 0.6) is 5.75 Å². The Balaban J connectivity index is 0.000000216. The molecule has 7 heterocycles. The number of rotatable bonds is 18. The molecule has 30 heteroatoms. The van der Waals surface area contributed by atoms with E-state index < -0.39 is 104 Å². The van der Waals surface area contributed by atoms with Gasteiger partial charge in [0.1, 0.15) is 70.6 Å². The molecule has 0 radical (unpaired) electrons. The van der Waals surface area contributed by atoms with Crippen LogP contribution in [0.4, 0.5) is 0 Å². The second-order valence-electron chi connectivity index (χ2n) is 19.7. The van der Waals surface area contributed by atoms with Crippen LogP contribution >= 0.6 is 44.4 Å². The highest BCUT2D eigenvalue weighted by Gasteiger charge is 2.57. The minimum absolute atomic E-state index is 0.0103. The van der Waals surface area contributed by atoms with E-state index in [0.29, 0.717) is 56.3 Å². The van der Waals surface area contributed by atoms with E-state index in [4.69, 9.17) is 48.7 Å². The number of ketones is 2. The number of Topliss-reactive ketones (excluding diaryl/α,β-unsaturated/α-hetero) is 2. The van der Waals surface area contributed by atoms with Crippen molar-refractivity contribution < 1.29 is 71.1 Å². The summed E-state index contributed by atoms with van der Waals surface area (Å²) < 4.78 is 53.4. The van der Waals surface area contributed by atoms with Crippen molar-refractivity contribution >= 4 is 73.7 Å². The van der Waals surface area contributed by atoms with Crippen molar-refractivity contribution in [3.63, 3.8) is 0 Å². The summed E-state index contributed by atoms with van der Waals surface area (Å²) in [6, 6.07) is 6.84. The van der Waals surface area contributed by atoms with Crippen molar-refractivity contribution in [2.24, 2.45) is 0 Å². The molecule has 25 nitrogen and oxygen atoms in total. The number of hydrogen-bond acceptors (Lipinski definition) is 19. The molecule has 0 spiro atoms. The first-order chi connectivity index (χ1) is 38.3. The van der Waals surface area contributed by atoms with E-state index >= 15 is 0 Å². The number of H-pyrrole nitrogens is 2. The van der Waals surface area contributed by atoms with Crippen LogP contribution in [0, 0.1) is 23.7 Å². The molecule has 4 fully saturated rings. The number of amides is 2. The van der Waals surface area contributed by atoms with Gasteiger partial charge in [-0.2, -0.15) is 0 Å². The third-order valence-corrected chi connectivity index (χ3v) is 14.7. The van der Waals surface area contributed by atoms with Crippen LogP contribution in [0.3, 0.4) is 0 Å². The van der Waals surface area contributed by atoms with Crippen LogP contribution in [-0.4, -0.2) is 128 Å². The number of hydrogen-bond donors (Lipinski definition) is 5. The minimum atomic E-state index is -1.59. The van der Waals surface area contributed by atoms with Gasteiger partial charge in [0.25, 0.3) is 11.1 Å². The Labute approximate surface area is 477 Å². The molecular weight excluding hydrogens is 1160 g/mol. The Morgan fingerprint density at radius 2 is 1.15 bits per heavy atom. The molecule has 0 saturated carbocycles. The van der Waals surface area contributed by atoms with Gasteiger partial charge in [0.05, 0.1) is 33.8 Å². The van der Waals surface area contributed by atoms with Gasteiger partial charge in [-0.15, -0.1) is 0 Å². The number of ether oxygens (including phenoxy) is 6. The Kier molecular flexibility index (Phi) is 24.1. The van der Waals surface area contributed by atoms with Crippen LogP contribution in [0.1, 0.15) is 127 Å². The molecule has 0 bridgehead atoms. The molecule has 5 N–H and O–H groups in total. The molecule has 5 aliphatic rings. The van der Waals surface area contributed by atoms with E-state index in [-0.39, 0.29) is 67.2 Å². The molecule has 5 aliphatic heterocycles. The lowest BCUT2D eigenvalue weighted by Crippen LogP contribution is -2.38. The van der Waals surface area contributed by atoms with Crippen molar-refractivity contribution in [1.82, 2.24) is 29.7 Å². The highest BCUT2D eigenvalue weighted by molar-refractivity contribution is 8.41. The molecule has 11 atom stereocenters. The predicted molar refractivity (Wildman–Crippen MR) is 301 cm³/mol. The fourth-order valence-corrected chi connectivity index (χ4v) is 10.5. The van der Waals surface area contributed by atoms with E-state index in [1.54, 1.807) is 52.0 Å². The van der Waals surface area contributed by atoms with Gasteiger partial charge in [0, 0.05) is 38.1 Å². The monoisotopic (exact) mass is 1220 g/mol. The summed E-state index contributed by atoms with van der Waals surface area (Å²) in [6.45, 7) is 10.0. The molecule has 5 unspecified atom stereocenters. The predicted octanol–water partition coefficient (Wildman–Crippen LogP) is 3.83. The average Bonchev–Trinajstić information content (AvgIpc) is 3.63. The third-order valence-electron chi connectivity index (χ3n) is 12.3. The Morgan fingerprint density at radius 3 is 1.62 bits per heavy atom. The van der Waals surface area contributed by atoms with Crippen LogP contribution < -0.4 is 37.7 Å². The fourth-order valence-electron chi connectivity index (χ4n) is 8.72. The molecule has 2 aromatic heterocycles. The second-order valence-corrected chi connectivity index (χ2v) is 27.1. The molecule has 81 heavy (non-hydrogen) atoms. The topological polar surface area (TPSA) is 322 Å². The van der Waals surface area contributed by atoms with Gasteiger partial charge < -0.3 is 67.3 Å². The number of benzene rings is 1. The van der Waals surface area contributed by atoms with Gasteiger partial charge >= 0.3 is 25.1 Å². The van der Waals surface area contributed by atoms with Crippen molar-refractivity contribution in [1.29, 1.82) is 0 Å². The van der Waals surface area contributed by atoms with Crippen molar-refractivity contribution in [3.8, 4) is 29.4 Å². The highest BCUT2D eigenvalue weighted by Crippen LogP contribution is 2.54. The number of halogens is 1. The van der Waals surface area contributed by atoms with Crippen LogP contribution in [-0.2, 0) is 56.6 Å². The van der Waals surface area contributed by atoms with Crippen LogP contribution in [0.15, 0.2) is 55.8 Å². The second kappa shape index (κ2) is 30.0. The Hall–Kier alpha value is -5.06. The summed E-state index contributed by atoms with van der Waals surface area (Å²) >= 11 is 5.54. The average molecular weight is 1230 g/mol. The zero-order valence-corrected chi connectivity index (χ0v) is 50.0. The first-order valence-electron chi connectivity index (χ1n) is 25.6. The quantitative estimate of drug-likeness (QED) is 0.0686. The molecule has 3 aromatic rings. The normalized spacial score (nSPS) is 24.1. The van der Waals surface area contributed by atoms with Crippen LogP contribution in [0.25, 0.3) is 0 Å². The smallest absolute Gasteiger partial charge is 0.403 e. The first kappa shape index (κ1) is 65.1. The number of para-hydroxylation sites is 1. The first-order valence-corrected chi connectivity index (χ1v) is 32.1. The number of carbonyl (C=O) groups is 5. The summed E-state index contributed by atoms with van der Waals surface area (Å²) in [5, 5.41) is 14.9. The number of carbonyl (C=O) groups excluding carboxylic acids is 5. The van der Waals surface area contributed by atoms with Crippen LogP contribution in [0.2, 0.25) is 0 Å². The summed E-state index contributed by atoms with van der Waals surface area (Å²) in [6.07, 6.45) is 1.35. The maximum Gasteiger partial charge on any atom is 0.403 e. The lowest BCUT2D eigenvalue weighted by molar-refractivity contribution is -0.200. The number of aliphatic hydroxyl groups excluding tert-OH is 1. The van der Waals surface area contributed by atoms with E-state index in [0.717, 1.165) is 4.57 Å². The summed E-state index contributed by atoms with van der Waals surface area (Å²) in [5.41, 5.74) is -2.21. The number of nitrogens with one attached hydrogen (secondary N) is 4. The van der Waals surface area contributed by atoms with E-state index in [1.807, 2.05) is 0 Å². The van der Waals surface area contributed by atoms with E-state index in [1.165, 1.54) is 30.8 Å². The molecule has 440 valence electrons. The number of fused-ring (bicyclic) bond motifs is 3. The zero-order chi connectivity index (χ0) is 59.2. The standard InChI is InChI=1S/C22H32N3O8P3.C22H29N3O8.C7H4ClO3P/c1-13(26)7-4-5-9-16(27)23-10-6-8-14-11-25(21(29)24-19(14)28)20-18-17(32-22(2,3)33-18)15(31-20)12-30-36(34)35;1-13(27)7-4-5-9-16(28)23-10-6-8-14-11-25(21(30)24-19(14)29)20-18-17(15(12-26)31-20)32-22(2,3)33-18;8-12-10-6-4-2-1-3-5(6)7(9)11-12/h11,15,17-18,20H,4-5,7,9-10,12,34-35H2,1-3H3,(H,23,27)(H,24,28,29);11,15,17-18,20,26H,4-5,7,9-10,12H2,1-3H3,(H,23,28)(H,24,29,30);1-4H/t2*15-,17?,18+,20-;/m11./s1. The molecule has 4 saturated heterocycles. The van der Waals surface area contributed by atoms with E-state index in [9.17, 15) is 48.3 Å². The highest BCUT2D eigenvalue weighted by atomic mass is 35.7. The SMILES string of the molecule is CC(=O)CCCCC(=O)NCC#Cc1cn([C@@H]2O[C@H](CO)C3OC(C)(C)O[C@@H]32)c(=O)[nH]c1=O.CC(=O)CCCCC(=O)NCC#Cc1cn([C@@H]2O[C@H](COP(P)P)C3OC(C)(C)O[C@@H]32)c(=O)[nH]c1=O.O=C1OP(Cl)Oc2ccccc21. The molecular formula is C51H65ClN6O19P4. The molecule has 0 aliphatic carbocycles. The van der Waals surface area contributed by atoms with Crippen molar-refractivity contribution in [2.75, 3.05) is 26.3 Å². The molecule has 8 rings (SSSR count). The Morgan fingerprint density at radius 1 is 0.704 bits per heavy atom. The maximum absolute atomic E-state index is 12.7. The fraction of sp³-hybridized carbons (Fsp3) is 0.549. The third kappa shape index (κ3) is 19.0. The number of aromatic amines is 2. The number of aromatic nitrogens is 4. The van der Waals surface area contributed by atoms with Gasteiger partial charge in [-0.1, -0.05) is 53.7 Å². The van der Waals surface area contributed by atoms with E-state index in [2.05, 4.69) is 66.7 Å². The largest absolute Gasteiger partial charge is 0.426 e. The maximum atomic E-state index is 12.7. The molecule has 1 aromatic carbocycles. The van der Waals surface area contributed by atoms with Crippen molar-refractivity contribution in [2.45, 2.75) is 154 Å². The number of nitrogens with zero attached hydrogens (tertiary/aromatic N) is 2. The minimum Gasteiger partial charge on any atom is -0.426 e. The number of unbranched alkanes of at least 4 members (excludes halogenated alkanes) is 2. The molecule has 2 amide bonds. The summed E-state index contributed by atoms with van der Waals surface area (Å²) in [4.78, 5) is 111.